The van der Waals surface area contributed by atoms with Crippen LogP contribution in [0.4, 0.5) is 4.39 Å². The van der Waals surface area contributed by atoms with E-state index in [1.165, 1.54) is 25.3 Å². The van der Waals surface area contributed by atoms with Gasteiger partial charge in [-0.3, -0.25) is 4.90 Å². The zero-order valence-corrected chi connectivity index (χ0v) is 10.6. The summed E-state index contributed by atoms with van der Waals surface area (Å²) in [6.45, 7) is 2.45. The Kier molecular flexibility index (Phi) is 4.37. The van der Waals surface area contributed by atoms with Gasteiger partial charge in [0.2, 0.25) is 0 Å². The summed E-state index contributed by atoms with van der Waals surface area (Å²) in [5.41, 5.74) is 6.47. The van der Waals surface area contributed by atoms with Gasteiger partial charge in [0.05, 0.1) is 0 Å². The first-order valence-electron chi connectivity index (χ1n) is 6.11. The number of nitrogens with zero attached hydrogens (tertiary/aromatic N) is 1. The number of rotatable bonds is 3. The Hall–Kier alpha value is -0.640. The first-order valence-corrected chi connectivity index (χ1v) is 6.49. The Bertz CT molecular complexity index is 378. The summed E-state index contributed by atoms with van der Waals surface area (Å²) in [7, 11) is 0. The van der Waals surface area contributed by atoms with Crippen molar-refractivity contribution in [3.05, 3.63) is 34.6 Å². The number of benzene rings is 1. The van der Waals surface area contributed by atoms with Crippen LogP contribution in [0.15, 0.2) is 18.2 Å². The predicted octanol–water partition coefficient (Wildman–Crippen LogP) is 2.96. The lowest BCUT2D eigenvalue weighted by molar-refractivity contribution is 0.164. The molecular weight excluding hydrogens is 239 g/mol. The third-order valence-corrected chi connectivity index (χ3v) is 3.61. The van der Waals surface area contributed by atoms with Gasteiger partial charge in [0.15, 0.2) is 0 Å². The molecule has 2 nitrogen and oxygen atoms in total. The minimum Gasteiger partial charge on any atom is -0.329 e. The number of likely N-dealkylation sites (tertiary alicyclic amines) is 1. The van der Waals surface area contributed by atoms with E-state index in [1.54, 1.807) is 12.1 Å². The van der Waals surface area contributed by atoms with Crippen molar-refractivity contribution in [2.75, 3.05) is 19.6 Å². The van der Waals surface area contributed by atoms with Crippen LogP contribution in [0.1, 0.15) is 30.9 Å². The van der Waals surface area contributed by atoms with Gasteiger partial charge >= 0.3 is 0 Å². The van der Waals surface area contributed by atoms with E-state index in [9.17, 15) is 4.39 Å². The summed E-state index contributed by atoms with van der Waals surface area (Å²) in [4.78, 5) is 2.27. The van der Waals surface area contributed by atoms with E-state index in [2.05, 4.69) is 4.90 Å². The van der Waals surface area contributed by atoms with Crippen LogP contribution in [0.3, 0.4) is 0 Å². The molecule has 1 heterocycles. The molecule has 0 radical (unpaired) electrons. The largest absolute Gasteiger partial charge is 0.329 e. The lowest BCUT2D eigenvalue weighted by Gasteiger charge is -2.34. The van der Waals surface area contributed by atoms with E-state index in [-0.39, 0.29) is 11.9 Å². The van der Waals surface area contributed by atoms with Crippen molar-refractivity contribution in [2.45, 2.75) is 25.3 Å². The van der Waals surface area contributed by atoms with Crippen molar-refractivity contribution < 1.29 is 4.39 Å². The van der Waals surface area contributed by atoms with Crippen molar-refractivity contribution >= 4 is 11.6 Å². The van der Waals surface area contributed by atoms with Crippen LogP contribution in [0.2, 0.25) is 5.02 Å². The van der Waals surface area contributed by atoms with Crippen LogP contribution in [0, 0.1) is 5.82 Å². The molecule has 1 aromatic rings. The molecule has 1 saturated heterocycles. The van der Waals surface area contributed by atoms with Gasteiger partial charge in [0.25, 0.3) is 0 Å². The summed E-state index contributed by atoms with van der Waals surface area (Å²) >= 11 is 5.77. The molecule has 0 aromatic heterocycles. The highest BCUT2D eigenvalue weighted by atomic mass is 35.5. The molecule has 0 spiro atoms. The predicted molar refractivity (Wildman–Crippen MR) is 68.6 cm³/mol. The number of halogens is 2. The van der Waals surface area contributed by atoms with E-state index < -0.39 is 0 Å². The average molecular weight is 257 g/mol. The van der Waals surface area contributed by atoms with Crippen LogP contribution in [-0.2, 0) is 0 Å². The smallest absolute Gasteiger partial charge is 0.129 e. The maximum atomic E-state index is 13.9. The molecule has 0 aliphatic carbocycles. The summed E-state index contributed by atoms with van der Waals surface area (Å²) < 4.78 is 13.9. The summed E-state index contributed by atoms with van der Waals surface area (Å²) in [6, 6.07) is 4.83. The topological polar surface area (TPSA) is 29.3 Å². The standard InChI is InChI=1S/C13H18ClFN2/c14-10-4-5-11(12(15)8-10)13(9-16)17-6-2-1-3-7-17/h4-5,8,13H,1-3,6-7,9,16H2. The maximum absolute atomic E-state index is 13.9. The summed E-state index contributed by atoms with van der Waals surface area (Å²) in [5.74, 6) is -0.251. The number of nitrogens with two attached hydrogens (primary N) is 1. The number of hydrogen-bond acceptors (Lipinski definition) is 2. The van der Waals surface area contributed by atoms with Crippen molar-refractivity contribution in [3.63, 3.8) is 0 Å². The molecule has 0 amide bonds. The average Bonchev–Trinajstić information content (AvgIpc) is 2.34. The van der Waals surface area contributed by atoms with Crippen LogP contribution in [0.25, 0.3) is 0 Å². The molecule has 0 saturated carbocycles. The van der Waals surface area contributed by atoms with Crippen molar-refractivity contribution in [1.29, 1.82) is 0 Å². The Morgan fingerprint density at radius 1 is 1.29 bits per heavy atom. The molecule has 17 heavy (non-hydrogen) atoms. The Labute approximate surface area is 107 Å². The van der Waals surface area contributed by atoms with Gasteiger partial charge in [-0.1, -0.05) is 24.1 Å². The fraction of sp³-hybridized carbons (Fsp3) is 0.538. The number of piperidine rings is 1. The Balaban J connectivity index is 2.21. The minimum atomic E-state index is -0.251. The second-order valence-corrected chi connectivity index (χ2v) is 4.95. The van der Waals surface area contributed by atoms with Crippen LogP contribution >= 0.6 is 11.6 Å². The minimum absolute atomic E-state index is 0.0208. The van der Waals surface area contributed by atoms with Crippen molar-refractivity contribution in [3.8, 4) is 0 Å². The maximum Gasteiger partial charge on any atom is 0.129 e. The molecule has 1 fully saturated rings. The lowest BCUT2D eigenvalue weighted by atomic mass is 10.0. The van der Waals surface area contributed by atoms with Gasteiger partial charge in [-0.2, -0.15) is 0 Å². The molecule has 1 aromatic carbocycles. The SMILES string of the molecule is NCC(c1ccc(Cl)cc1F)N1CCCCC1. The molecule has 1 aliphatic rings. The van der Waals surface area contributed by atoms with E-state index in [0.29, 0.717) is 17.1 Å². The molecule has 4 heteroatoms. The highest BCUT2D eigenvalue weighted by Crippen LogP contribution is 2.27. The molecule has 1 aliphatic heterocycles. The highest BCUT2D eigenvalue weighted by molar-refractivity contribution is 6.30. The molecular formula is C13H18ClFN2. The first kappa shape index (κ1) is 12.8. The first-order chi connectivity index (χ1) is 8.22. The second kappa shape index (κ2) is 5.80. The van der Waals surface area contributed by atoms with E-state index >= 15 is 0 Å². The van der Waals surface area contributed by atoms with Crippen LogP contribution in [0.5, 0.6) is 0 Å². The van der Waals surface area contributed by atoms with Gasteiger partial charge in [0.1, 0.15) is 5.82 Å². The van der Waals surface area contributed by atoms with Crippen molar-refractivity contribution in [2.24, 2.45) is 5.73 Å². The Morgan fingerprint density at radius 2 is 2.00 bits per heavy atom. The third kappa shape index (κ3) is 2.97. The zero-order valence-electron chi connectivity index (χ0n) is 9.83. The van der Waals surface area contributed by atoms with Gasteiger partial charge in [-0.25, -0.2) is 4.39 Å². The monoisotopic (exact) mass is 256 g/mol. The molecule has 1 atom stereocenters. The van der Waals surface area contributed by atoms with Crippen molar-refractivity contribution in [1.82, 2.24) is 4.90 Å². The fourth-order valence-electron chi connectivity index (χ4n) is 2.47. The van der Waals surface area contributed by atoms with Gasteiger partial charge in [0, 0.05) is 23.2 Å². The zero-order chi connectivity index (χ0) is 12.3. The van der Waals surface area contributed by atoms with Gasteiger partial charge < -0.3 is 5.73 Å². The van der Waals surface area contributed by atoms with E-state index in [0.717, 1.165) is 13.1 Å². The highest BCUT2D eigenvalue weighted by Gasteiger charge is 2.23. The quantitative estimate of drug-likeness (QED) is 0.901. The molecule has 94 valence electrons. The molecule has 0 bridgehead atoms. The summed E-state index contributed by atoms with van der Waals surface area (Å²) in [5, 5.41) is 0.431. The van der Waals surface area contributed by atoms with Crippen LogP contribution in [-0.4, -0.2) is 24.5 Å². The van der Waals surface area contributed by atoms with E-state index in [1.807, 2.05) is 0 Å². The molecule has 2 rings (SSSR count). The Morgan fingerprint density at radius 3 is 2.59 bits per heavy atom. The fourth-order valence-corrected chi connectivity index (χ4v) is 2.63. The van der Waals surface area contributed by atoms with Gasteiger partial charge in [-0.15, -0.1) is 0 Å². The molecule has 1 unspecified atom stereocenters. The normalized spacial score (nSPS) is 19.2. The van der Waals surface area contributed by atoms with Crippen LogP contribution < -0.4 is 5.73 Å². The molecule has 2 N–H and O–H groups in total. The summed E-state index contributed by atoms with van der Waals surface area (Å²) in [6.07, 6.45) is 3.61. The van der Waals surface area contributed by atoms with Gasteiger partial charge in [-0.05, 0) is 38.1 Å². The second-order valence-electron chi connectivity index (χ2n) is 4.51. The number of hydrogen-bond donors (Lipinski definition) is 1. The third-order valence-electron chi connectivity index (χ3n) is 3.38. The van der Waals surface area contributed by atoms with E-state index in [4.69, 9.17) is 17.3 Å². The lowest BCUT2D eigenvalue weighted by Crippen LogP contribution is -2.37.